The predicted octanol–water partition coefficient (Wildman–Crippen LogP) is 2.98. The summed E-state index contributed by atoms with van der Waals surface area (Å²) in [6, 6.07) is 10.9. The van der Waals surface area contributed by atoms with Crippen LogP contribution in [0, 0.1) is 0 Å². The molecule has 146 valence electrons. The van der Waals surface area contributed by atoms with E-state index < -0.39 is 22.0 Å². The summed E-state index contributed by atoms with van der Waals surface area (Å²) in [4.78, 5) is 12.5. The van der Waals surface area contributed by atoms with Gasteiger partial charge in [0.15, 0.2) is 0 Å². The molecule has 0 aliphatic rings. The van der Waals surface area contributed by atoms with Crippen molar-refractivity contribution in [3.05, 3.63) is 53.1 Å². The summed E-state index contributed by atoms with van der Waals surface area (Å²) in [6.07, 6.45) is 0.927. The van der Waals surface area contributed by atoms with Crippen LogP contribution in [0.2, 0.25) is 5.02 Å². The number of rotatable bonds is 8. The molecule has 2 N–H and O–H groups in total. The van der Waals surface area contributed by atoms with Crippen LogP contribution in [0.3, 0.4) is 0 Å². The highest BCUT2D eigenvalue weighted by Gasteiger charge is 2.21. The molecule has 9 heteroatoms. The molecular formula is C18H21ClN2O5S. The summed E-state index contributed by atoms with van der Waals surface area (Å²) in [5.41, 5.74) is 1.04. The number of amides is 1. The summed E-state index contributed by atoms with van der Waals surface area (Å²) >= 11 is 5.96. The van der Waals surface area contributed by atoms with Gasteiger partial charge in [0.05, 0.1) is 32.2 Å². The van der Waals surface area contributed by atoms with Gasteiger partial charge in [0.1, 0.15) is 11.5 Å². The Balaban J connectivity index is 2.21. The molecule has 0 aliphatic heterocycles. The Hall–Kier alpha value is -2.29. The molecule has 0 aromatic heterocycles. The Bertz CT molecular complexity index is 900. The monoisotopic (exact) mass is 412 g/mol. The average Bonchev–Trinajstić information content (AvgIpc) is 2.60. The number of halogens is 1. The molecular weight excluding hydrogens is 392 g/mol. The minimum Gasteiger partial charge on any atom is -0.497 e. The van der Waals surface area contributed by atoms with Crippen molar-refractivity contribution in [2.45, 2.75) is 12.5 Å². The third-order valence-electron chi connectivity index (χ3n) is 3.70. The number of nitrogens with one attached hydrogen (secondary N) is 2. The van der Waals surface area contributed by atoms with E-state index in [-0.39, 0.29) is 6.42 Å². The SMILES string of the molecule is COc1ccc(C(CC(=O)Nc2cc(Cl)ccc2OC)NS(C)(=O)=O)cc1. The third-order valence-corrected chi connectivity index (χ3v) is 4.65. The van der Waals surface area contributed by atoms with Gasteiger partial charge in [-0.15, -0.1) is 0 Å². The van der Waals surface area contributed by atoms with Crippen molar-refractivity contribution >= 4 is 33.2 Å². The maximum Gasteiger partial charge on any atom is 0.226 e. The van der Waals surface area contributed by atoms with E-state index in [1.165, 1.54) is 14.2 Å². The van der Waals surface area contributed by atoms with E-state index in [1.54, 1.807) is 42.5 Å². The molecule has 0 aliphatic carbocycles. The highest BCUT2D eigenvalue weighted by molar-refractivity contribution is 7.88. The van der Waals surface area contributed by atoms with Gasteiger partial charge in [-0.25, -0.2) is 13.1 Å². The van der Waals surface area contributed by atoms with Crippen LogP contribution < -0.4 is 19.5 Å². The number of ether oxygens (including phenoxy) is 2. The van der Waals surface area contributed by atoms with E-state index in [0.717, 1.165) is 6.26 Å². The van der Waals surface area contributed by atoms with Gasteiger partial charge in [-0.2, -0.15) is 0 Å². The van der Waals surface area contributed by atoms with Crippen LogP contribution in [0.15, 0.2) is 42.5 Å². The van der Waals surface area contributed by atoms with Crippen LogP contribution in [0.25, 0.3) is 0 Å². The van der Waals surface area contributed by atoms with Crippen molar-refractivity contribution in [1.82, 2.24) is 4.72 Å². The van der Waals surface area contributed by atoms with E-state index in [4.69, 9.17) is 21.1 Å². The van der Waals surface area contributed by atoms with Gasteiger partial charge >= 0.3 is 0 Å². The second kappa shape index (κ2) is 9.07. The number of anilines is 1. The first kappa shape index (κ1) is 21.0. The summed E-state index contributed by atoms with van der Waals surface area (Å²) in [5.74, 6) is 0.683. The number of carbonyl (C=O) groups is 1. The Morgan fingerprint density at radius 3 is 2.33 bits per heavy atom. The molecule has 0 saturated heterocycles. The molecule has 7 nitrogen and oxygen atoms in total. The van der Waals surface area contributed by atoms with Gasteiger partial charge in [-0.3, -0.25) is 4.79 Å². The van der Waals surface area contributed by atoms with Crippen LogP contribution in [-0.2, 0) is 14.8 Å². The summed E-state index contributed by atoms with van der Waals surface area (Å²) in [5, 5.41) is 3.14. The fraction of sp³-hybridized carbons (Fsp3) is 0.278. The van der Waals surface area contributed by atoms with Crippen molar-refractivity contribution in [3.63, 3.8) is 0 Å². The molecule has 0 spiro atoms. The molecule has 1 amide bonds. The van der Waals surface area contributed by atoms with E-state index in [9.17, 15) is 13.2 Å². The van der Waals surface area contributed by atoms with Gasteiger partial charge < -0.3 is 14.8 Å². The molecule has 27 heavy (non-hydrogen) atoms. The van der Waals surface area contributed by atoms with Crippen molar-refractivity contribution in [2.75, 3.05) is 25.8 Å². The van der Waals surface area contributed by atoms with Crippen LogP contribution in [0.1, 0.15) is 18.0 Å². The quantitative estimate of drug-likeness (QED) is 0.695. The molecule has 2 aromatic rings. The van der Waals surface area contributed by atoms with Gasteiger partial charge in [-0.1, -0.05) is 23.7 Å². The second-order valence-corrected chi connectivity index (χ2v) is 8.03. The Morgan fingerprint density at radius 1 is 1.11 bits per heavy atom. The lowest BCUT2D eigenvalue weighted by Gasteiger charge is -2.18. The lowest BCUT2D eigenvalue weighted by atomic mass is 10.0. The van der Waals surface area contributed by atoms with E-state index in [0.29, 0.717) is 27.8 Å². The second-order valence-electron chi connectivity index (χ2n) is 5.81. The molecule has 1 atom stereocenters. The van der Waals surface area contributed by atoms with Gasteiger partial charge in [0.25, 0.3) is 0 Å². The highest BCUT2D eigenvalue weighted by Crippen LogP contribution is 2.28. The maximum absolute atomic E-state index is 12.5. The van der Waals surface area contributed by atoms with Crippen molar-refractivity contribution in [2.24, 2.45) is 0 Å². The Kier molecular flexibility index (Phi) is 7.06. The van der Waals surface area contributed by atoms with Crippen LogP contribution in [-0.4, -0.2) is 34.8 Å². The van der Waals surface area contributed by atoms with Crippen LogP contribution >= 0.6 is 11.6 Å². The molecule has 0 fully saturated rings. The first-order valence-electron chi connectivity index (χ1n) is 7.96. The topological polar surface area (TPSA) is 93.7 Å². The maximum atomic E-state index is 12.5. The molecule has 2 rings (SSSR count). The van der Waals surface area contributed by atoms with Gasteiger partial charge in [0.2, 0.25) is 15.9 Å². The van der Waals surface area contributed by atoms with Crippen LogP contribution in [0.5, 0.6) is 11.5 Å². The van der Waals surface area contributed by atoms with Crippen molar-refractivity contribution in [3.8, 4) is 11.5 Å². The molecule has 2 aromatic carbocycles. The zero-order valence-electron chi connectivity index (χ0n) is 15.2. The van der Waals surface area contributed by atoms with E-state index in [1.807, 2.05) is 0 Å². The minimum atomic E-state index is -3.53. The molecule has 0 heterocycles. The predicted molar refractivity (Wildman–Crippen MR) is 105 cm³/mol. The number of carbonyl (C=O) groups excluding carboxylic acids is 1. The number of methoxy groups -OCH3 is 2. The number of hydrogen-bond donors (Lipinski definition) is 2. The van der Waals surface area contributed by atoms with E-state index in [2.05, 4.69) is 10.0 Å². The summed E-state index contributed by atoms with van der Waals surface area (Å²) < 4.78 is 36.2. The number of hydrogen-bond acceptors (Lipinski definition) is 5. The molecule has 0 radical (unpaired) electrons. The first-order chi connectivity index (χ1) is 12.7. The normalized spacial score (nSPS) is 12.3. The highest BCUT2D eigenvalue weighted by atomic mass is 35.5. The smallest absolute Gasteiger partial charge is 0.226 e. The van der Waals surface area contributed by atoms with Crippen molar-refractivity contribution < 1.29 is 22.7 Å². The van der Waals surface area contributed by atoms with Crippen molar-refractivity contribution in [1.29, 1.82) is 0 Å². The number of benzene rings is 2. The summed E-state index contributed by atoms with van der Waals surface area (Å²) in [6.45, 7) is 0. The third kappa shape index (κ3) is 6.42. The van der Waals surface area contributed by atoms with E-state index >= 15 is 0 Å². The Morgan fingerprint density at radius 2 is 1.78 bits per heavy atom. The standard InChI is InChI=1S/C18H21ClN2O5S/c1-25-14-7-4-12(5-8-14)15(21-27(3,23)24)11-18(22)20-16-10-13(19)6-9-17(16)26-2/h4-10,15,21H,11H2,1-3H3,(H,20,22). The molecule has 0 saturated carbocycles. The Labute approximate surface area is 163 Å². The zero-order chi connectivity index (χ0) is 20.0. The lowest BCUT2D eigenvalue weighted by Crippen LogP contribution is -2.30. The van der Waals surface area contributed by atoms with Gasteiger partial charge in [0, 0.05) is 11.4 Å². The number of sulfonamides is 1. The average molecular weight is 413 g/mol. The molecule has 0 bridgehead atoms. The first-order valence-corrected chi connectivity index (χ1v) is 10.2. The summed E-state index contributed by atoms with van der Waals surface area (Å²) in [7, 11) is -0.521. The largest absolute Gasteiger partial charge is 0.497 e. The van der Waals surface area contributed by atoms with Crippen LogP contribution in [0.4, 0.5) is 5.69 Å². The van der Waals surface area contributed by atoms with Gasteiger partial charge in [-0.05, 0) is 35.9 Å². The zero-order valence-corrected chi connectivity index (χ0v) is 16.7. The molecule has 1 unspecified atom stereocenters. The lowest BCUT2D eigenvalue weighted by molar-refractivity contribution is -0.116. The fourth-order valence-corrected chi connectivity index (χ4v) is 3.40. The minimum absolute atomic E-state index is 0.116. The fourth-order valence-electron chi connectivity index (χ4n) is 2.49.